The van der Waals surface area contributed by atoms with Gasteiger partial charge in [-0.05, 0) is 6.42 Å². The van der Waals surface area contributed by atoms with E-state index < -0.39 is 23.3 Å². The highest BCUT2D eigenvalue weighted by molar-refractivity contribution is 5.73. The van der Waals surface area contributed by atoms with E-state index in [0.29, 0.717) is 6.42 Å². The van der Waals surface area contributed by atoms with Gasteiger partial charge in [0.15, 0.2) is 0 Å². The van der Waals surface area contributed by atoms with Gasteiger partial charge in [0.2, 0.25) is 0 Å². The lowest BCUT2D eigenvalue weighted by atomic mass is 10.1. The molecule has 0 radical (unpaired) electrons. The average molecular weight is 242 g/mol. The Labute approximate surface area is 95.9 Å². The minimum Gasteiger partial charge on any atom is -0.480 e. The van der Waals surface area contributed by atoms with E-state index in [0.717, 1.165) is 4.57 Å². The average Bonchev–Trinajstić information content (AvgIpc) is 2.24. The first-order chi connectivity index (χ1) is 7.90. The summed E-state index contributed by atoms with van der Waals surface area (Å²) in [5, 5.41) is 9.02. The lowest BCUT2D eigenvalue weighted by Crippen LogP contribution is -2.38. The highest BCUT2D eigenvalue weighted by atomic mass is 16.4. The first-order valence-electron chi connectivity index (χ1n) is 5.02. The minimum atomic E-state index is -1.20. The molecule has 0 aliphatic rings. The SMILES string of the molecule is CCCC(C(=O)O)n1c(N)c(N)c(=O)[nH]c1=O. The van der Waals surface area contributed by atoms with Gasteiger partial charge in [0.05, 0.1) is 0 Å². The zero-order valence-corrected chi connectivity index (χ0v) is 9.27. The van der Waals surface area contributed by atoms with E-state index in [-0.39, 0.29) is 17.9 Å². The Hall–Kier alpha value is -2.25. The fraction of sp³-hybridized carbons (Fsp3) is 0.444. The number of aromatic nitrogens is 2. The van der Waals surface area contributed by atoms with Crippen molar-refractivity contribution in [1.29, 1.82) is 0 Å². The molecule has 8 nitrogen and oxygen atoms in total. The standard InChI is InChI=1S/C9H14N4O4/c1-2-3-4(8(15)16)13-6(11)5(10)7(14)12-9(13)17/h4H,2-3,10-11H2,1H3,(H,15,16)(H,12,14,17). The van der Waals surface area contributed by atoms with Crippen LogP contribution < -0.4 is 22.7 Å². The van der Waals surface area contributed by atoms with E-state index in [4.69, 9.17) is 16.6 Å². The molecule has 0 aromatic carbocycles. The van der Waals surface area contributed by atoms with E-state index >= 15 is 0 Å². The molecule has 1 heterocycles. The van der Waals surface area contributed by atoms with Crippen molar-refractivity contribution in [2.45, 2.75) is 25.8 Å². The van der Waals surface area contributed by atoms with Gasteiger partial charge in [-0.25, -0.2) is 9.59 Å². The number of aromatic amines is 1. The van der Waals surface area contributed by atoms with Crippen molar-refractivity contribution < 1.29 is 9.90 Å². The number of carboxylic acid groups (broad SMARTS) is 1. The number of hydrogen-bond donors (Lipinski definition) is 4. The van der Waals surface area contributed by atoms with Crippen LogP contribution in [-0.2, 0) is 4.79 Å². The number of nitrogens with zero attached hydrogens (tertiary/aromatic N) is 1. The van der Waals surface area contributed by atoms with Crippen molar-refractivity contribution in [1.82, 2.24) is 9.55 Å². The molecule has 0 spiro atoms. The normalized spacial score (nSPS) is 12.3. The maximum atomic E-state index is 11.5. The van der Waals surface area contributed by atoms with Crippen molar-refractivity contribution in [3.05, 3.63) is 20.8 Å². The van der Waals surface area contributed by atoms with Crippen molar-refractivity contribution in [3.8, 4) is 0 Å². The number of carboxylic acids is 1. The van der Waals surface area contributed by atoms with E-state index in [9.17, 15) is 14.4 Å². The number of nitrogen functional groups attached to an aromatic ring is 2. The molecule has 94 valence electrons. The van der Waals surface area contributed by atoms with Crippen LogP contribution in [0.15, 0.2) is 9.59 Å². The molecule has 17 heavy (non-hydrogen) atoms. The third kappa shape index (κ3) is 2.30. The minimum absolute atomic E-state index is 0.213. The summed E-state index contributed by atoms with van der Waals surface area (Å²) in [5.41, 5.74) is 8.83. The van der Waals surface area contributed by atoms with Crippen molar-refractivity contribution >= 4 is 17.5 Å². The molecule has 1 aromatic rings. The third-order valence-corrected chi connectivity index (χ3v) is 2.38. The fourth-order valence-electron chi connectivity index (χ4n) is 1.53. The lowest BCUT2D eigenvalue weighted by Gasteiger charge is -2.17. The van der Waals surface area contributed by atoms with E-state index in [1.807, 2.05) is 4.98 Å². The summed E-state index contributed by atoms with van der Waals surface area (Å²) in [5.74, 6) is -1.52. The molecule has 0 fully saturated rings. The molecule has 0 bridgehead atoms. The predicted octanol–water partition coefficient (Wildman–Crippen LogP) is -0.873. The van der Waals surface area contributed by atoms with Gasteiger partial charge in [0.1, 0.15) is 17.5 Å². The van der Waals surface area contributed by atoms with Gasteiger partial charge in [-0.2, -0.15) is 0 Å². The molecule has 0 saturated carbocycles. The van der Waals surface area contributed by atoms with Crippen LogP contribution in [0.2, 0.25) is 0 Å². The van der Waals surface area contributed by atoms with Gasteiger partial charge in [0, 0.05) is 0 Å². The largest absolute Gasteiger partial charge is 0.480 e. The molecule has 8 heteroatoms. The molecule has 6 N–H and O–H groups in total. The van der Waals surface area contributed by atoms with Gasteiger partial charge < -0.3 is 16.6 Å². The van der Waals surface area contributed by atoms with Crippen LogP contribution in [0, 0.1) is 0 Å². The number of H-pyrrole nitrogens is 1. The molecule has 0 aliphatic carbocycles. The number of carbonyl (C=O) groups is 1. The summed E-state index contributed by atoms with van der Waals surface area (Å²) in [6, 6.07) is -1.13. The fourth-order valence-corrected chi connectivity index (χ4v) is 1.53. The van der Waals surface area contributed by atoms with Crippen LogP contribution in [0.1, 0.15) is 25.8 Å². The van der Waals surface area contributed by atoms with Gasteiger partial charge in [0.25, 0.3) is 5.56 Å². The number of aliphatic carboxylic acids is 1. The Morgan fingerprint density at radius 1 is 1.47 bits per heavy atom. The first kappa shape index (κ1) is 12.8. The molecule has 0 aliphatic heterocycles. The second-order valence-corrected chi connectivity index (χ2v) is 3.57. The summed E-state index contributed by atoms with van der Waals surface area (Å²) >= 11 is 0. The predicted molar refractivity (Wildman–Crippen MR) is 61.7 cm³/mol. The zero-order valence-electron chi connectivity index (χ0n) is 9.27. The Morgan fingerprint density at radius 3 is 2.53 bits per heavy atom. The summed E-state index contributed by atoms with van der Waals surface area (Å²) < 4.78 is 0.794. The van der Waals surface area contributed by atoms with Gasteiger partial charge in [-0.15, -0.1) is 0 Å². The summed E-state index contributed by atoms with van der Waals surface area (Å²) in [6.45, 7) is 1.77. The van der Waals surface area contributed by atoms with Crippen LogP contribution in [-0.4, -0.2) is 20.6 Å². The van der Waals surface area contributed by atoms with E-state index in [2.05, 4.69) is 0 Å². The maximum absolute atomic E-state index is 11.5. The number of rotatable bonds is 4. The van der Waals surface area contributed by atoms with Crippen molar-refractivity contribution in [2.24, 2.45) is 0 Å². The first-order valence-corrected chi connectivity index (χ1v) is 5.02. The molecular formula is C9H14N4O4. The molecular weight excluding hydrogens is 228 g/mol. The zero-order chi connectivity index (χ0) is 13.2. The van der Waals surface area contributed by atoms with Crippen LogP contribution in [0.3, 0.4) is 0 Å². The molecule has 1 rings (SSSR count). The van der Waals surface area contributed by atoms with Gasteiger partial charge >= 0.3 is 11.7 Å². The van der Waals surface area contributed by atoms with E-state index in [1.54, 1.807) is 6.92 Å². The topological polar surface area (TPSA) is 144 Å². The Balaban J connectivity index is 3.49. The second-order valence-electron chi connectivity index (χ2n) is 3.57. The van der Waals surface area contributed by atoms with Crippen molar-refractivity contribution in [3.63, 3.8) is 0 Å². The van der Waals surface area contributed by atoms with Crippen LogP contribution in [0.25, 0.3) is 0 Å². The quantitative estimate of drug-likeness (QED) is 0.540. The third-order valence-electron chi connectivity index (χ3n) is 2.38. The molecule has 0 amide bonds. The number of nitrogens with one attached hydrogen (secondary N) is 1. The van der Waals surface area contributed by atoms with E-state index in [1.165, 1.54) is 0 Å². The van der Waals surface area contributed by atoms with Crippen LogP contribution in [0.5, 0.6) is 0 Å². The van der Waals surface area contributed by atoms with Crippen LogP contribution >= 0.6 is 0 Å². The Bertz CT molecular complexity index is 545. The summed E-state index contributed by atoms with van der Waals surface area (Å²) in [6.07, 6.45) is 0.757. The second kappa shape index (κ2) is 4.73. The Kier molecular flexibility index (Phi) is 3.56. The highest BCUT2D eigenvalue weighted by Gasteiger charge is 2.23. The monoisotopic (exact) mass is 242 g/mol. The van der Waals surface area contributed by atoms with Crippen LogP contribution in [0.4, 0.5) is 11.5 Å². The number of nitrogens with two attached hydrogens (primary N) is 2. The molecule has 1 atom stereocenters. The summed E-state index contributed by atoms with van der Waals surface area (Å²) in [4.78, 5) is 35.7. The summed E-state index contributed by atoms with van der Waals surface area (Å²) in [7, 11) is 0. The highest BCUT2D eigenvalue weighted by Crippen LogP contribution is 2.17. The number of anilines is 2. The molecule has 1 aromatic heterocycles. The Morgan fingerprint density at radius 2 is 2.06 bits per heavy atom. The smallest absolute Gasteiger partial charge is 0.330 e. The number of hydrogen-bond acceptors (Lipinski definition) is 5. The lowest BCUT2D eigenvalue weighted by molar-refractivity contribution is -0.141. The van der Waals surface area contributed by atoms with Gasteiger partial charge in [-0.3, -0.25) is 14.3 Å². The van der Waals surface area contributed by atoms with Gasteiger partial charge in [-0.1, -0.05) is 13.3 Å². The molecule has 1 unspecified atom stereocenters. The molecule has 0 saturated heterocycles. The van der Waals surface area contributed by atoms with Crippen molar-refractivity contribution in [2.75, 3.05) is 11.5 Å². The maximum Gasteiger partial charge on any atom is 0.330 e.